The fraction of sp³-hybridized carbons (Fsp3) is 0.250. The molecule has 0 bridgehead atoms. The number of benzene rings is 2. The van der Waals surface area contributed by atoms with Crippen LogP contribution in [0.25, 0.3) is 6.08 Å². The van der Waals surface area contributed by atoms with Crippen molar-refractivity contribution in [1.82, 2.24) is 0 Å². The van der Waals surface area contributed by atoms with Gasteiger partial charge in [0.25, 0.3) is 0 Å². The lowest BCUT2D eigenvalue weighted by Gasteiger charge is -2.15. The number of ketones is 1. The summed E-state index contributed by atoms with van der Waals surface area (Å²) in [7, 11) is 3.15. The first-order valence-electron chi connectivity index (χ1n) is 7.74. The molecule has 1 heterocycles. The van der Waals surface area contributed by atoms with E-state index in [1.807, 2.05) is 45.0 Å². The van der Waals surface area contributed by atoms with Crippen molar-refractivity contribution in [2.24, 2.45) is 0 Å². The number of carbonyl (C=O) groups is 1. The maximum atomic E-state index is 12.8. The van der Waals surface area contributed by atoms with Crippen molar-refractivity contribution in [2.45, 2.75) is 20.8 Å². The molecule has 0 unspecified atom stereocenters. The quantitative estimate of drug-likeness (QED) is 0.792. The van der Waals surface area contributed by atoms with Crippen LogP contribution < -0.4 is 14.2 Å². The summed E-state index contributed by atoms with van der Waals surface area (Å²) in [5.41, 5.74) is 4.14. The van der Waals surface area contributed by atoms with Gasteiger partial charge in [0.1, 0.15) is 22.8 Å². The minimum absolute atomic E-state index is 0.170. The molecule has 24 heavy (non-hydrogen) atoms. The zero-order chi connectivity index (χ0) is 17.4. The molecule has 124 valence electrons. The van der Waals surface area contributed by atoms with E-state index in [1.54, 1.807) is 20.3 Å². The fourth-order valence-corrected chi connectivity index (χ4v) is 3.05. The van der Waals surface area contributed by atoms with Crippen LogP contribution in [-0.4, -0.2) is 20.0 Å². The van der Waals surface area contributed by atoms with E-state index >= 15 is 0 Å². The highest BCUT2D eigenvalue weighted by atomic mass is 16.5. The van der Waals surface area contributed by atoms with E-state index in [0.717, 1.165) is 22.3 Å². The van der Waals surface area contributed by atoms with E-state index in [0.29, 0.717) is 28.6 Å². The van der Waals surface area contributed by atoms with Gasteiger partial charge in [-0.1, -0.05) is 29.8 Å². The molecule has 1 aliphatic rings. The van der Waals surface area contributed by atoms with E-state index in [9.17, 15) is 4.79 Å². The van der Waals surface area contributed by atoms with Gasteiger partial charge in [-0.05, 0) is 32.4 Å². The summed E-state index contributed by atoms with van der Waals surface area (Å²) in [5, 5.41) is 0. The number of ether oxygens (including phenoxy) is 3. The summed E-state index contributed by atoms with van der Waals surface area (Å²) >= 11 is 0. The van der Waals surface area contributed by atoms with E-state index < -0.39 is 0 Å². The second-order valence-electron chi connectivity index (χ2n) is 5.87. The first-order chi connectivity index (χ1) is 11.5. The van der Waals surface area contributed by atoms with Crippen LogP contribution in [0, 0.1) is 20.8 Å². The van der Waals surface area contributed by atoms with E-state index in [1.165, 1.54) is 0 Å². The molecule has 0 amide bonds. The van der Waals surface area contributed by atoms with Crippen molar-refractivity contribution in [1.29, 1.82) is 0 Å². The van der Waals surface area contributed by atoms with Crippen LogP contribution in [0.15, 0.2) is 30.0 Å². The molecule has 0 atom stereocenters. The average Bonchev–Trinajstić information content (AvgIpc) is 2.88. The van der Waals surface area contributed by atoms with Gasteiger partial charge in [-0.2, -0.15) is 0 Å². The summed E-state index contributed by atoms with van der Waals surface area (Å²) in [4.78, 5) is 12.8. The third-order valence-corrected chi connectivity index (χ3v) is 4.26. The summed E-state index contributed by atoms with van der Waals surface area (Å²) in [6.45, 7) is 5.78. The summed E-state index contributed by atoms with van der Waals surface area (Å²) in [5.74, 6) is 1.82. The molecule has 0 aliphatic carbocycles. The number of hydrogen-bond donors (Lipinski definition) is 0. The zero-order valence-electron chi connectivity index (χ0n) is 14.5. The molecule has 2 aromatic carbocycles. The standard InChI is InChI=1S/C20H20O4/c1-11-6-8-14(9-7-11)10-15-17(21)16-19(23-5)12(2)18(22-4)13(3)20(16)24-15/h6-10H,1-5H3/b15-10-. The molecule has 2 aromatic rings. The molecule has 0 saturated carbocycles. The molecule has 0 N–H and O–H groups in total. The van der Waals surface area contributed by atoms with Crippen molar-refractivity contribution in [2.75, 3.05) is 14.2 Å². The Labute approximate surface area is 141 Å². The number of aryl methyl sites for hydroxylation is 1. The third kappa shape index (κ3) is 2.44. The molecular formula is C20H20O4. The second-order valence-corrected chi connectivity index (χ2v) is 5.87. The van der Waals surface area contributed by atoms with Gasteiger partial charge in [-0.3, -0.25) is 4.79 Å². The van der Waals surface area contributed by atoms with Gasteiger partial charge >= 0.3 is 0 Å². The van der Waals surface area contributed by atoms with Crippen LogP contribution in [0.4, 0.5) is 0 Å². The first-order valence-corrected chi connectivity index (χ1v) is 7.74. The Morgan fingerprint density at radius 3 is 2.12 bits per heavy atom. The number of methoxy groups -OCH3 is 2. The number of fused-ring (bicyclic) bond motifs is 1. The van der Waals surface area contributed by atoms with Crippen molar-refractivity contribution in [3.8, 4) is 17.2 Å². The highest BCUT2D eigenvalue weighted by Crippen LogP contribution is 2.47. The number of Topliss-reactive ketones (excluding diaryl/α,β-unsaturated/α-hetero) is 1. The number of allylic oxidation sites excluding steroid dienone is 1. The van der Waals surface area contributed by atoms with Gasteiger partial charge in [-0.15, -0.1) is 0 Å². The van der Waals surface area contributed by atoms with Crippen molar-refractivity contribution in [3.63, 3.8) is 0 Å². The summed E-state index contributed by atoms with van der Waals surface area (Å²) < 4.78 is 16.8. The average molecular weight is 324 g/mol. The van der Waals surface area contributed by atoms with Gasteiger partial charge in [-0.25, -0.2) is 0 Å². The molecule has 0 radical (unpaired) electrons. The van der Waals surface area contributed by atoms with Crippen molar-refractivity contribution < 1.29 is 19.0 Å². The van der Waals surface area contributed by atoms with Gasteiger partial charge in [0.2, 0.25) is 5.78 Å². The minimum Gasteiger partial charge on any atom is -0.496 e. The Bertz CT molecular complexity index is 845. The predicted molar refractivity (Wildman–Crippen MR) is 93.1 cm³/mol. The summed E-state index contributed by atoms with van der Waals surface area (Å²) in [6, 6.07) is 7.91. The van der Waals surface area contributed by atoms with Gasteiger partial charge in [0, 0.05) is 11.1 Å². The van der Waals surface area contributed by atoms with Gasteiger partial charge < -0.3 is 14.2 Å². The number of hydrogen-bond acceptors (Lipinski definition) is 4. The largest absolute Gasteiger partial charge is 0.496 e. The second kappa shape index (κ2) is 6.04. The van der Waals surface area contributed by atoms with Crippen LogP contribution in [-0.2, 0) is 0 Å². The first kappa shape index (κ1) is 16.1. The van der Waals surface area contributed by atoms with Gasteiger partial charge in [0.15, 0.2) is 5.76 Å². The highest BCUT2D eigenvalue weighted by Gasteiger charge is 2.35. The molecule has 0 spiro atoms. The SMILES string of the molecule is COc1c(C)c(OC)c2c(c1C)O/C(=C\c1ccc(C)cc1)C2=O. The predicted octanol–water partition coefficient (Wildman–Crippen LogP) is 4.25. The molecule has 4 nitrogen and oxygen atoms in total. The Morgan fingerprint density at radius 1 is 0.917 bits per heavy atom. The van der Waals surface area contributed by atoms with Crippen LogP contribution in [0.2, 0.25) is 0 Å². The lowest BCUT2D eigenvalue weighted by Crippen LogP contribution is -2.02. The highest BCUT2D eigenvalue weighted by molar-refractivity contribution is 6.17. The van der Waals surface area contributed by atoms with Crippen molar-refractivity contribution >= 4 is 11.9 Å². The number of carbonyl (C=O) groups excluding carboxylic acids is 1. The molecule has 0 saturated heterocycles. The number of rotatable bonds is 3. The normalized spacial score (nSPS) is 14.5. The lowest BCUT2D eigenvalue weighted by molar-refractivity contribution is 0.101. The van der Waals surface area contributed by atoms with Crippen LogP contribution in [0.5, 0.6) is 17.2 Å². The van der Waals surface area contributed by atoms with Gasteiger partial charge in [0.05, 0.1) is 14.2 Å². The van der Waals surface area contributed by atoms with Crippen LogP contribution >= 0.6 is 0 Å². The van der Waals surface area contributed by atoms with E-state index in [-0.39, 0.29) is 5.78 Å². The Balaban J connectivity index is 2.13. The monoisotopic (exact) mass is 324 g/mol. The van der Waals surface area contributed by atoms with Crippen molar-refractivity contribution in [3.05, 3.63) is 57.8 Å². The Hall–Kier alpha value is -2.75. The lowest BCUT2D eigenvalue weighted by atomic mass is 10.00. The fourth-order valence-electron chi connectivity index (χ4n) is 3.05. The Kier molecular flexibility index (Phi) is 4.06. The van der Waals surface area contributed by atoms with E-state index in [4.69, 9.17) is 14.2 Å². The molecule has 4 heteroatoms. The minimum atomic E-state index is -0.170. The topological polar surface area (TPSA) is 44.8 Å². The smallest absolute Gasteiger partial charge is 0.235 e. The molecular weight excluding hydrogens is 304 g/mol. The zero-order valence-corrected chi connectivity index (χ0v) is 14.5. The Morgan fingerprint density at radius 2 is 1.54 bits per heavy atom. The maximum absolute atomic E-state index is 12.8. The molecule has 1 aliphatic heterocycles. The molecule has 0 fully saturated rings. The third-order valence-electron chi connectivity index (χ3n) is 4.26. The van der Waals surface area contributed by atoms with E-state index in [2.05, 4.69) is 0 Å². The molecule has 0 aromatic heterocycles. The summed E-state index contributed by atoms with van der Waals surface area (Å²) in [6.07, 6.45) is 1.75. The molecule has 3 rings (SSSR count). The maximum Gasteiger partial charge on any atom is 0.235 e. The van der Waals surface area contributed by atoms with Crippen LogP contribution in [0.3, 0.4) is 0 Å². The van der Waals surface area contributed by atoms with Crippen LogP contribution in [0.1, 0.15) is 32.6 Å².